The summed E-state index contributed by atoms with van der Waals surface area (Å²) in [6, 6.07) is 0. The van der Waals surface area contributed by atoms with Gasteiger partial charge in [0.25, 0.3) is 0 Å². The Morgan fingerprint density at radius 3 is 2.40 bits per heavy atom. The third kappa shape index (κ3) is 1.31. The molecule has 1 aliphatic carbocycles. The topological polar surface area (TPSA) is 20.2 Å². The molecule has 0 amide bonds. The van der Waals surface area contributed by atoms with Crippen LogP contribution in [-0.2, 0) is 0 Å². The van der Waals surface area contributed by atoms with Crippen LogP contribution in [0.15, 0.2) is 0 Å². The number of aliphatic hydroxyl groups excluding tert-OH is 1. The molecule has 1 saturated carbocycles. The third-order valence-electron chi connectivity index (χ3n) is 2.70. The number of alkyl halides is 1. The van der Waals surface area contributed by atoms with Crippen LogP contribution in [0.25, 0.3) is 0 Å². The summed E-state index contributed by atoms with van der Waals surface area (Å²) in [4.78, 5) is 0. The molecule has 0 unspecified atom stereocenters. The minimum Gasteiger partial charge on any atom is -0.390 e. The predicted molar refractivity (Wildman–Crippen MR) is 38.5 cm³/mol. The largest absolute Gasteiger partial charge is 0.390 e. The quantitative estimate of drug-likeness (QED) is 0.552. The lowest BCUT2D eigenvalue weighted by Crippen LogP contribution is -2.37. The fourth-order valence-corrected chi connectivity index (χ4v) is 1.52. The summed E-state index contributed by atoms with van der Waals surface area (Å²) in [6.07, 6.45) is -0.249. The molecule has 0 radical (unpaired) electrons. The molecule has 10 heavy (non-hydrogen) atoms. The minimum absolute atomic E-state index is 0.128. The average molecular weight is 146 g/mol. The first kappa shape index (κ1) is 7.99. The lowest BCUT2D eigenvalue weighted by atomic mass is 9.79. The summed E-state index contributed by atoms with van der Waals surface area (Å²) < 4.78 is 12.8. The third-order valence-corrected chi connectivity index (χ3v) is 2.70. The molecule has 4 atom stereocenters. The van der Waals surface area contributed by atoms with Crippen molar-refractivity contribution in [1.82, 2.24) is 0 Å². The van der Waals surface area contributed by atoms with E-state index in [9.17, 15) is 9.50 Å². The Labute approximate surface area is 61.2 Å². The van der Waals surface area contributed by atoms with Crippen molar-refractivity contribution in [3.8, 4) is 0 Å². The Morgan fingerprint density at radius 2 is 1.90 bits per heavy atom. The Hall–Kier alpha value is -0.110. The average Bonchev–Trinajstić information content (AvgIpc) is 1.93. The van der Waals surface area contributed by atoms with Crippen LogP contribution in [0, 0.1) is 11.8 Å². The minimum atomic E-state index is -0.980. The van der Waals surface area contributed by atoms with Gasteiger partial charge in [-0.25, -0.2) is 4.39 Å². The highest BCUT2D eigenvalue weighted by Gasteiger charge is 2.33. The van der Waals surface area contributed by atoms with E-state index < -0.39 is 12.3 Å². The zero-order valence-corrected chi connectivity index (χ0v) is 6.55. The van der Waals surface area contributed by atoms with Gasteiger partial charge in [-0.1, -0.05) is 13.8 Å². The fourth-order valence-electron chi connectivity index (χ4n) is 1.52. The smallest absolute Gasteiger partial charge is 0.126 e. The van der Waals surface area contributed by atoms with Gasteiger partial charge in [0.05, 0.1) is 6.10 Å². The number of hydrogen-bond acceptors (Lipinski definition) is 1. The molecule has 0 spiro atoms. The van der Waals surface area contributed by atoms with Gasteiger partial charge in [-0.05, 0) is 24.7 Å². The molecule has 0 aromatic rings. The van der Waals surface area contributed by atoms with Crippen molar-refractivity contribution in [2.75, 3.05) is 0 Å². The van der Waals surface area contributed by atoms with Gasteiger partial charge in [0.1, 0.15) is 6.17 Å². The van der Waals surface area contributed by atoms with E-state index in [2.05, 4.69) is 6.92 Å². The summed E-state index contributed by atoms with van der Waals surface area (Å²) in [5.41, 5.74) is 0. The molecule has 1 fully saturated rings. The molecule has 0 heterocycles. The molecular formula is C8H15FO. The fraction of sp³-hybridized carbons (Fsp3) is 1.00. The van der Waals surface area contributed by atoms with Crippen molar-refractivity contribution in [2.45, 2.75) is 39.0 Å². The summed E-state index contributed by atoms with van der Waals surface area (Å²) in [5, 5.41) is 9.24. The van der Waals surface area contributed by atoms with Gasteiger partial charge < -0.3 is 5.11 Å². The maximum Gasteiger partial charge on any atom is 0.126 e. The Kier molecular flexibility index (Phi) is 2.29. The second kappa shape index (κ2) is 2.87. The van der Waals surface area contributed by atoms with Crippen molar-refractivity contribution < 1.29 is 9.50 Å². The number of aliphatic hydroxyl groups is 1. The molecule has 0 bridgehead atoms. The molecule has 0 aromatic heterocycles. The summed E-state index contributed by atoms with van der Waals surface area (Å²) in [7, 11) is 0. The maximum atomic E-state index is 12.8. The van der Waals surface area contributed by atoms with Crippen LogP contribution in [0.4, 0.5) is 4.39 Å². The van der Waals surface area contributed by atoms with E-state index in [1.54, 1.807) is 0 Å². The summed E-state index contributed by atoms with van der Waals surface area (Å²) in [6.45, 7) is 3.99. The van der Waals surface area contributed by atoms with Crippen LogP contribution < -0.4 is 0 Å². The van der Waals surface area contributed by atoms with E-state index in [1.165, 1.54) is 0 Å². The summed E-state index contributed by atoms with van der Waals surface area (Å²) >= 11 is 0. The predicted octanol–water partition coefficient (Wildman–Crippen LogP) is 1.75. The van der Waals surface area contributed by atoms with Gasteiger partial charge in [0, 0.05) is 0 Å². The van der Waals surface area contributed by atoms with Crippen LogP contribution in [0.5, 0.6) is 0 Å². The van der Waals surface area contributed by atoms with E-state index in [4.69, 9.17) is 0 Å². The van der Waals surface area contributed by atoms with Gasteiger partial charge >= 0.3 is 0 Å². The van der Waals surface area contributed by atoms with Crippen LogP contribution >= 0.6 is 0 Å². The van der Waals surface area contributed by atoms with Crippen LogP contribution in [0.3, 0.4) is 0 Å². The summed E-state index contributed by atoms with van der Waals surface area (Å²) in [5.74, 6) is 0.603. The van der Waals surface area contributed by atoms with Crippen molar-refractivity contribution in [1.29, 1.82) is 0 Å². The first-order valence-electron chi connectivity index (χ1n) is 3.95. The SMILES string of the molecule is C[C@@H]1[C@@H](O)[C@H](F)CC[C@H]1C. The molecule has 1 rings (SSSR count). The lowest BCUT2D eigenvalue weighted by Gasteiger charge is -2.32. The van der Waals surface area contributed by atoms with E-state index >= 15 is 0 Å². The number of halogens is 1. The normalized spacial score (nSPS) is 49.2. The second-order valence-electron chi connectivity index (χ2n) is 3.42. The molecule has 2 heteroatoms. The highest BCUT2D eigenvalue weighted by Crippen LogP contribution is 2.31. The van der Waals surface area contributed by atoms with E-state index in [0.717, 1.165) is 6.42 Å². The first-order chi connectivity index (χ1) is 4.63. The van der Waals surface area contributed by atoms with Crippen molar-refractivity contribution in [2.24, 2.45) is 11.8 Å². The van der Waals surface area contributed by atoms with E-state index in [1.807, 2.05) is 6.92 Å². The highest BCUT2D eigenvalue weighted by molar-refractivity contribution is 4.82. The van der Waals surface area contributed by atoms with Gasteiger partial charge in [0.15, 0.2) is 0 Å². The Balaban J connectivity index is 2.52. The molecular weight excluding hydrogens is 131 g/mol. The highest BCUT2D eigenvalue weighted by atomic mass is 19.1. The molecule has 1 nitrogen and oxygen atoms in total. The monoisotopic (exact) mass is 146 g/mol. The van der Waals surface area contributed by atoms with Gasteiger partial charge in [-0.3, -0.25) is 0 Å². The van der Waals surface area contributed by atoms with Gasteiger partial charge in [-0.2, -0.15) is 0 Å². The van der Waals surface area contributed by atoms with E-state index in [-0.39, 0.29) is 5.92 Å². The Morgan fingerprint density at radius 1 is 1.30 bits per heavy atom. The van der Waals surface area contributed by atoms with E-state index in [0.29, 0.717) is 12.3 Å². The molecule has 0 aliphatic heterocycles. The zero-order valence-electron chi connectivity index (χ0n) is 6.55. The Bertz CT molecular complexity index is 102. The molecule has 60 valence electrons. The van der Waals surface area contributed by atoms with Crippen LogP contribution in [-0.4, -0.2) is 17.4 Å². The van der Waals surface area contributed by atoms with Crippen molar-refractivity contribution in [3.63, 3.8) is 0 Å². The van der Waals surface area contributed by atoms with Gasteiger partial charge in [-0.15, -0.1) is 0 Å². The lowest BCUT2D eigenvalue weighted by molar-refractivity contribution is -0.0180. The van der Waals surface area contributed by atoms with Crippen molar-refractivity contribution in [3.05, 3.63) is 0 Å². The van der Waals surface area contributed by atoms with Gasteiger partial charge in [0.2, 0.25) is 0 Å². The molecule has 1 N–H and O–H groups in total. The first-order valence-corrected chi connectivity index (χ1v) is 3.95. The number of rotatable bonds is 0. The molecule has 1 aliphatic rings. The van der Waals surface area contributed by atoms with Crippen molar-refractivity contribution >= 4 is 0 Å². The molecule has 0 saturated heterocycles. The number of hydrogen-bond donors (Lipinski definition) is 1. The molecule has 0 aromatic carbocycles. The standard InChI is InChI=1S/C8H15FO/c1-5-3-4-7(9)8(10)6(5)2/h5-8,10H,3-4H2,1-2H3/t5-,6+,7-,8-/m1/s1. The zero-order chi connectivity index (χ0) is 7.72. The van der Waals surface area contributed by atoms with Crippen LogP contribution in [0.2, 0.25) is 0 Å². The van der Waals surface area contributed by atoms with Crippen LogP contribution in [0.1, 0.15) is 26.7 Å². The maximum absolute atomic E-state index is 12.8. The second-order valence-corrected chi connectivity index (χ2v) is 3.42.